The maximum atomic E-state index is 14.1. The van der Waals surface area contributed by atoms with Crippen molar-refractivity contribution in [1.29, 1.82) is 5.26 Å². The van der Waals surface area contributed by atoms with E-state index in [1.54, 1.807) is 25.1 Å². The third-order valence-electron chi connectivity index (χ3n) is 3.51. The average molecular weight is 295 g/mol. The lowest BCUT2D eigenvalue weighted by Crippen LogP contribution is -2.13. The Labute approximate surface area is 125 Å². The van der Waals surface area contributed by atoms with Gasteiger partial charge in [-0.25, -0.2) is 14.2 Å². The van der Waals surface area contributed by atoms with Crippen LogP contribution < -0.4 is 0 Å². The molecule has 0 saturated carbocycles. The number of aliphatic imine (C=N–C) groups is 2. The number of carbonyl (C=O) groups is 1. The first-order chi connectivity index (χ1) is 10.5. The van der Waals surface area contributed by atoms with Crippen LogP contribution in [0.4, 0.5) is 4.39 Å². The van der Waals surface area contributed by atoms with Crippen molar-refractivity contribution in [2.75, 3.05) is 6.54 Å². The molecule has 1 aliphatic rings. The summed E-state index contributed by atoms with van der Waals surface area (Å²) in [6.07, 6.45) is 0. The minimum Gasteiger partial charge on any atom is -0.477 e. The highest BCUT2D eigenvalue weighted by atomic mass is 19.1. The molecular formula is C16H10FN3O2. The van der Waals surface area contributed by atoms with E-state index in [0.717, 1.165) is 5.56 Å². The lowest BCUT2D eigenvalue weighted by atomic mass is 9.97. The summed E-state index contributed by atoms with van der Waals surface area (Å²) < 4.78 is 14.1. The van der Waals surface area contributed by atoms with Crippen LogP contribution in [-0.4, -0.2) is 29.2 Å². The number of rotatable bonds is 2. The van der Waals surface area contributed by atoms with E-state index >= 15 is 0 Å². The molecule has 108 valence electrons. The van der Waals surface area contributed by atoms with Gasteiger partial charge in [-0.1, -0.05) is 6.07 Å². The van der Waals surface area contributed by atoms with Crippen LogP contribution in [0.5, 0.6) is 0 Å². The number of carboxylic acids is 1. The Bertz CT molecular complexity index is 923. The highest BCUT2D eigenvalue weighted by Crippen LogP contribution is 2.27. The lowest BCUT2D eigenvalue weighted by molar-refractivity contribution is -0.129. The number of amidine groups is 1. The van der Waals surface area contributed by atoms with Gasteiger partial charge in [0.2, 0.25) is 0 Å². The van der Waals surface area contributed by atoms with Gasteiger partial charge < -0.3 is 5.11 Å². The van der Waals surface area contributed by atoms with Crippen LogP contribution in [0.25, 0.3) is 10.8 Å². The summed E-state index contributed by atoms with van der Waals surface area (Å²) in [4.78, 5) is 18.9. The summed E-state index contributed by atoms with van der Waals surface area (Å²) in [7, 11) is 0. The van der Waals surface area contributed by atoms with E-state index < -0.39 is 11.8 Å². The van der Waals surface area contributed by atoms with Crippen molar-refractivity contribution in [3.05, 3.63) is 46.8 Å². The normalized spacial score (nSPS) is 13.7. The monoisotopic (exact) mass is 295 g/mol. The van der Waals surface area contributed by atoms with Gasteiger partial charge in [-0.3, -0.25) is 4.99 Å². The van der Waals surface area contributed by atoms with Gasteiger partial charge in [0.05, 0.1) is 18.2 Å². The average Bonchev–Trinajstić information content (AvgIpc) is 3.00. The largest absolute Gasteiger partial charge is 0.477 e. The molecule has 0 atom stereocenters. The summed E-state index contributed by atoms with van der Waals surface area (Å²) in [5, 5.41) is 19.1. The molecule has 22 heavy (non-hydrogen) atoms. The van der Waals surface area contributed by atoms with Gasteiger partial charge >= 0.3 is 5.97 Å². The molecule has 0 unspecified atom stereocenters. The summed E-state index contributed by atoms with van der Waals surface area (Å²) in [6.45, 7) is 1.77. The first-order valence-electron chi connectivity index (χ1n) is 6.50. The number of fused-ring (bicyclic) bond motifs is 1. The van der Waals surface area contributed by atoms with Crippen molar-refractivity contribution in [1.82, 2.24) is 0 Å². The lowest BCUT2D eigenvalue weighted by Gasteiger charge is -2.08. The Balaban J connectivity index is 2.24. The Morgan fingerprint density at radius 3 is 2.82 bits per heavy atom. The Morgan fingerprint density at radius 2 is 2.18 bits per heavy atom. The highest BCUT2D eigenvalue weighted by Gasteiger charge is 2.19. The Kier molecular flexibility index (Phi) is 3.18. The van der Waals surface area contributed by atoms with E-state index in [1.165, 1.54) is 6.07 Å². The predicted octanol–water partition coefficient (Wildman–Crippen LogP) is 2.44. The molecule has 3 rings (SSSR count). The second-order valence-electron chi connectivity index (χ2n) is 4.93. The van der Waals surface area contributed by atoms with Gasteiger partial charge in [0.25, 0.3) is 0 Å². The van der Waals surface area contributed by atoms with Crippen LogP contribution in [-0.2, 0) is 4.79 Å². The van der Waals surface area contributed by atoms with Gasteiger partial charge in [-0.05, 0) is 30.7 Å². The van der Waals surface area contributed by atoms with Gasteiger partial charge in [0.1, 0.15) is 11.5 Å². The molecule has 0 saturated heterocycles. The smallest absolute Gasteiger partial charge is 0.352 e. The maximum Gasteiger partial charge on any atom is 0.352 e. The number of benzene rings is 2. The fourth-order valence-corrected chi connectivity index (χ4v) is 2.46. The molecule has 6 heteroatoms. The van der Waals surface area contributed by atoms with E-state index in [4.69, 9.17) is 5.11 Å². The predicted molar refractivity (Wildman–Crippen MR) is 79.8 cm³/mol. The molecule has 2 aromatic carbocycles. The Hall–Kier alpha value is -3.07. The van der Waals surface area contributed by atoms with Crippen molar-refractivity contribution >= 4 is 28.3 Å². The number of nitrogens with zero attached hydrogens (tertiary/aromatic N) is 3. The SMILES string of the molecule is Cc1ccc(F)c2cc(C3=NCC(C(=O)O)=N3)cc(C#N)c12. The second kappa shape index (κ2) is 5.04. The molecule has 0 aromatic heterocycles. The number of aliphatic carboxylic acids is 1. The van der Waals surface area contributed by atoms with Crippen molar-refractivity contribution in [3.8, 4) is 6.07 Å². The van der Waals surface area contributed by atoms with Gasteiger partial charge in [0.15, 0.2) is 5.84 Å². The van der Waals surface area contributed by atoms with Crippen LogP contribution in [0.1, 0.15) is 16.7 Å². The minimum absolute atomic E-state index is 0.0269. The minimum atomic E-state index is -1.14. The Morgan fingerprint density at radius 1 is 1.41 bits per heavy atom. The highest BCUT2D eigenvalue weighted by molar-refractivity contribution is 6.40. The van der Waals surface area contributed by atoms with Crippen LogP contribution in [0.2, 0.25) is 0 Å². The molecule has 1 heterocycles. The van der Waals surface area contributed by atoms with Crippen molar-refractivity contribution < 1.29 is 14.3 Å². The molecule has 2 aromatic rings. The summed E-state index contributed by atoms with van der Waals surface area (Å²) in [6, 6.07) is 8.11. The van der Waals surface area contributed by atoms with E-state index in [2.05, 4.69) is 9.98 Å². The molecular weight excluding hydrogens is 285 g/mol. The molecule has 0 radical (unpaired) electrons. The molecule has 5 nitrogen and oxygen atoms in total. The number of hydrogen-bond acceptors (Lipinski definition) is 4. The standard InChI is InChI=1S/C16H10FN3O2/c1-8-2-3-12(17)11-5-9(4-10(6-18)14(8)11)15-19-7-13(20-15)16(21)22/h2-5H,7H2,1H3,(H,21,22). The van der Waals surface area contributed by atoms with Crippen LogP contribution >= 0.6 is 0 Å². The molecule has 1 N–H and O–H groups in total. The summed E-state index contributed by atoms with van der Waals surface area (Å²) >= 11 is 0. The molecule has 0 amide bonds. The second-order valence-corrected chi connectivity index (χ2v) is 4.93. The van der Waals surface area contributed by atoms with Gasteiger partial charge in [0, 0.05) is 16.3 Å². The fraction of sp³-hybridized carbons (Fsp3) is 0.125. The maximum absolute atomic E-state index is 14.1. The molecule has 0 aliphatic carbocycles. The number of aryl methyl sites for hydroxylation is 1. The quantitative estimate of drug-likeness (QED) is 0.923. The van der Waals surface area contributed by atoms with Crippen molar-refractivity contribution in [2.45, 2.75) is 6.92 Å². The van der Waals surface area contributed by atoms with Crippen LogP contribution in [0, 0.1) is 24.1 Å². The fourth-order valence-electron chi connectivity index (χ4n) is 2.46. The number of carboxylic acid groups (broad SMARTS) is 1. The summed E-state index contributed by atoms with van der Waals surface area (Å²) in [5.41, 5.74) is 1.47. The third kappa shape index (κ3) is 2.13. The van der Waals surface area contributed by atoms with Crippen molar-refractivity contribution in [2.24, 2.45) is 9.98 Å². The zero-order valence-electron chi connectivity index (χ0n) is 11.6. The first-order valence-corrected chi connectivity index (χ1v) is 6.50. The molecule has 0 bridgehead atoms. The number of nitriles is 1. The van der Waals surface area contributed by atoms with E-state index in [-0.39, 0.29) is 18.1 Å². The molecule has 0 fully saturated rings. The zero-order chi connectivity index (χ0) is 15.9. The van der Waals surface area contributed by atoms with Gasteiger partial charge in [-0.2, -0.15) is 5.26 Å². The van der Waals surface area contributed by atoms with E-state index in [9.17, 15) is 14.4 Å². The topological polar surface area (TPSA) is 85.8 Å². The third-order valence-corrected chi connectivity index (χ3v) is 3.51. The van der Waals surface area contributed by atoms with E-state index in [1.807, 2.05) is 6.07 Å². The van der Waals surface area contributed by atoms with E-state index in [0.29, 0.717) is 21.9 Å². The zero-order valence-corrected chi connectivity index (χ0v) is 11.6. The van der Waals surface area contributed by atoms with Crippen molar-refractivity contribution in [3.63, 3.8) is 0 Å². The first kappa shape index (κ1) is 13.9. The van der Waals surface area contributed by atoms with Crippen LogP contribution in [0.15, 0.2) is 34.3 Å². The summed E-state index contributed by atoms with van der Waals surface area (Å²) in [5.74, 6) is -1.38. The molecule has 0 spiro atoms. The van der Waals surface area contributed by atoms with Crippen LogP contribution in [0.3, 0.4) is 0 Å². The number of halogens is 1. The van der Waals surface area contributed by atoms with Gasteiger partial charge in [-0.15, -0.1) is 0 Å². The number of hydrogen-bond donors (Lipinski definition) is 1. The molecule has 1 aliphatic heterocycles.